The molecule has 4 amide bonds. The minimum Gasteiger partial charge on any atom is -0.507 e. The average Bonchev–Trinajstić information content (AvgIpc) is 0.953. The van der Waals surface area contributed by atoms with Crippen molar-refractivity contribution >= 4 is 51.0 Å². The summed E-state index contributed by atoms with van der Waals surface area (Å²) in [6.07, 6.45) is -5.77. The number of hydrogen-bond acceptors (Lipinski definition) is 24. The standard InChI is InChI=1S/C63H74N8O22S/c1-34-58-42(70-19-22-90-61(85-3)60(70)93-58)29-47(91-34)92-44-31-63(80,30-39-49(44)57(77)51-50(55(39)75)54(74)38-12-8-14-43(84-2)48(38)56(51)76)62(79)65-18-21-87-24-26-89-28-27-88-25-23-86-20-16-45(72)66-40(33-94(81,82)83)59(78)64-17-15-46(73)71-32-35-9-4-5-10-36(35)52-53(68-69-67-52)37-11-6-7-13-41(37)71/h4-14,34,40,42,44,47,58,60-61,75,77,80H,15-33H2,1-3H3,(H,64,78)(H,65,79)(H,66,72)(H,67,68,69)(H,81,82,83)/t34-,40-,42-,44-,47-,58+,60+,61-,63-/m0/s1. The second-order valence-electron chi connectivity index (χ2n) is 23.2. The Labute approximate surface area is 539 Å². The maximum absolute atomic E-state index is 14.3. The highest BCUT2D eigenvalue weighted by molar-refractivity contribution is 7.85. The Kier molecular flexibility index (Phi) is 21.1. The van der Waals surface area contributed by atoms with Crippen LogP contribution in [-0.2, 0) is 84.9 Å². The quantitative estimate of drug-likeness (QED) is 0.0206. The third-order valence-corrected chi connectivity index (χ3v) is 18.0. The van der Waals surface area contributed by atoms with E-state index in [0.717, 1.165) is 11.1 Å². The normalized spacial score (nSPS) is 23.2. The summed E-state index contributed by atoms with van der Waals surface area (Å²) >= 11 is 0. The predicted molar refractivity (Wildman–Crippen MR) is 327 cm³/mol. The van der Waals surface area contributed by atoms with E-state index in [2.05, 4.69) is 36.3 Å². The zero-order chi connectivity index (χ0) is 66.4. The van der Waals surface area contributed by atoms with Crippen molar-refractivity contribution in [3.63, 3.8) is 0 Å². The molecule has 0 bridgehead atoms. The molecule has 0 unspecified atom stereocenters. The summed E-state index contributed by atoms with van der Waals surface area (Å²) in [6, 6.07) is 17.1. The molecule has 31 heteroatoms. The third-order valence-electron chi connectivity index (χ3n) is 17.3. The lowest BCUT2D eigenvalue weighted by Crippen LogP contribution is -2.55. The van der Waals surface area contributed by atoms with Gasteiger partial charge < -0.3 is 83.5 Å². The van der Waals surface area contributed by atoms with Crippen molar-refractivity contribution in [2.75, 3.05) is 104 Å². The van der Waals surface area contributed by atoms with Crippen molar-refractivity contribution in [2.45, 2.75) is 100 Å². The molecule has 8 N–H and O–H groups in total. The van der Waals surface area contributed by atoms with E-state index in [-0.39, 0.29) is 132 Å². The van der Waals surface area contributed by atoms with Gasteiger partial charge in [-0.3, -0.25) is 38.2 Å². The van der Waals surface area contributed by atoms with Gasteiger partial charge in [-0.1, -0.05) is 54.6 Å². The number of aliphatic hydroxyl groups is 1. The second kappa shape index (κ2) is 29.4. The van der Waals surface area contributed by atoms with Gasteiger partial charge in [0.1, 0.15) is 52.1 Å². The van der Waals surface area contributed by atoms with Crippen molar-refractivity contribution < 1.29 is 104 Å². The number of phenols is 2. The summed E-state index contributed by atoms with van der Waals surface area (Å²) < 4.78 is 91.7. The molecule has 1 aromatic heterocycles. The van der Waals surface area contributed by atoms with Crippen LogP contribution in [0.25, 0.3) is 22.5 Å². The number of carbonyl (C=O) groups excluding carboxylic acids is 6. The number of nitrogens with zero attached hydrogens (tertiary/aromatic N) is 4. The summed E-state index contributed by atoms with van der Waals surface area (Å²) in [5, 5.41) is 55.3. The van der Waals surface area contributed by atoms with E-state index >= 15 is 0 Å². The molecule has 0 spiro atoms. The number of aromatic nitrogens is 3. The Morgan fingerprint density at radius 3 is 2.18 bits per heavy atom. The molecule has 2 aliphatic carbocycles. The number of carbonyl (C=O) groups is 6. The van der Waals surface area contributed by atoms with E-state index < -0.39 is 129 Å². The molecular weight excluding hydrogens is 1250 g/mol. The summed E-state index contributed by atoms with van der Waals surface area (Å²) in [6.45, 7) is 3.27. The summed E-state index contributed by atoms with van der Waals surface area (Å²) in [4.78, 5) is 86.1. The van der Waals surface area contributed by atoms with Crippen LogP contribution in [0, 0.1) is 0 Å². The van der Waals surface area contributed by atoms with Gasteiger partial charge in [-0.25, -0.2) is 0 Å². The number of methoxy groups -OCH3 is 2. The number of rotatable bonds is 27. The summed E-state index contributed by atoms with van der Waals surface area (Å²) in [5.74, 6) is -6.86. The van der Waals surface area contributed by atoms with E-state index in [1.165, 1.54) is 32.4 Å². The molecule has 504 valence electrons. The molecule has 9 atom stereocenters. The Hall–Kier alpha value is -7.89. The number of nitrogens with one attached hydrogen (secondary N) is 4. The molecular formula is C63H74N8O22S. The lowest BCUT2D eigenvalue weighted by molar-refractivity contribution is -0.256. The molecule has 0 radical (unpaired) electrons. The van der Waals surface area contributed by atoms with E-state index in [4.69, 9.17) is 47.4 Å². The van der Waals surface area contributed by atoms with E-state index in [9.17, 15) is 57.1 Å². The molecule has 4 aromatic carbocycles. The molecule has 4 aliphatic heterocycles. The molecule has 30 nitrogen and oxygen atoms in total. The minimum atomic E-state index is -4.74. The van der Waals surface area contributed by atoms with Gasteiger partial charge in [-0.05, 0) is 24.6 Å². The Morgan fingerprint density at radius 1 is 0.787 bits per heavy atom. The van der Waals surface area contributed by atoms with Crippen LogP contribution < -0.4 is 25.6 Å². The van der Waals surface area contributed by atoms with Gasteiger partial charge >= 0.3 is 0 Å². The van der Waals surface area contributed by atoms with Crippen molar-refractivity contribution in [3.8, 4) is 39.8 Å². The van der Waals surface area contributed by atoms with Crippen LogP contribution in [0.3, 0.4) is 0 Å². The molecule has 3 fully saturated rings. The van der Waals surface area contributed by atoms with Crippen molar-refractivity contribution in [2.24, 2.45) is 0 Å². The van der Waals surface area contributed by atoms with Gasteiger partial charge in [0.05, 0.1) is 108 Å². The van der Waals surface area contributed by atoms with Gasteiger partial charge in [0.2, 0.25) is 23.5 Å². The SMILES string of the molecule is COc1cccc2c1C(=O)c1c(O)c3c(c(O)c1C2=O)C[C@@](O)(C(=O)NCCOCCOCCOCCOCCC(=O)N[C@@H](CS(=O)(=O)O)C(=O)NCCC(=O)N1Cc2ccccc2-c2n[nH]nc2-c2ccccc21)C[C@@H]3O[C@H]1C[C@H]2[C@H](O[C@@H]3[C@@H](OC)OCCN32)[C@H](C)O1. The lowest BCUT2D eigenvalue weighted by Gasteiger charge is -2.43. The smallest absolute Gasteiger partial charge is 0.267 e. The zero-order valence-corrected chi connectivity index (χ0v) is 52.6. The number of benzene rings is 4. The van der Waals surface area contributed by atoms with Gasteiger partial charge in [-0.15, -0.1) is 0 Å². The number of fused-ring (bicyclic) bond motifs is 11. The van der Waals surface area contributed by atoms with Crippen molar-refractivity contribution in [1.82, 2.24) is 36.3 Å². The first kappa shape index (κ1) is 67.5. The fourth-order valence-corrected chi connectivity index (χ4v) is 13.6. The number of morpholine rings is 1. The second-order valence-corrected chi connectivity index (χ2v) is 24.7. The number of amides is 4. The Bertz CT molecular complexity index is 3780. The van der Waals surface area contributed by atoms with Crippen LogP contribution in [-0.4, -0.2) is 232 Å². The van der Waals surface area contributed by atoms with Crippen LogP contribution in [0.1, 0.15) is 87.2 Å². The Balaban J connectivity index is 0.598. The maximum Gasteiger partial charge on any atom is 0.267 e. The number of hydrogen-bond donors (Lipinski definition) is 8. The number of aromatic hydroxyl groups is 2. The number of phenolic OH excluding ortho intramolecular Hbond substituents is 2. The van der Waals surface area contributed by atoms with Crippen LogP contribution in [0.15, 0.2) is 66.7 Å². The Morgan fingerprint density at radius 2 is 1.46 bits per heavy atom. The number of aromatic amines is 1. The highest BCUT2D eigenvalue weighted by Gasteiger charge is 2.55. The van der Waals surface area contributed by atoms with Gasteiger partial charge in [0, 0.05) is 92.7 Å². The fourth-order valence-electron chi connectivity index (χ4n) is 12.9. The number of H-pyrrole nitrogens is 1. The highest BCUT2D eigenvalue weighted by atomic mass is 32.2. The highest BCUT2D eigenvalue weighted by Crippen LogP contribution is 2.53. The fraction of sp³-hybridized carbons (Fsp3) is 0.492. The third kappa shape index (κ3) is 14.4. The molecule has 94 heavy (non-hydrogen) atoms. The van der Waals surface area contributed by atoms with Crippen molar-refractivity contribution in [3.05, 3.63) is 106 Å². The first-order valence-corrected chi connectivity index (χ1v) is 32.4. The van der Waals surface area contributed by atoms with E-state index in [1.54, 1.807) is 17.0 Å². The lowest BCUT2D eigenvalue weighted by atomic mass is 9.72. The molecule has 5 aromatic rings. The van der Waals surface area contributed by atoms with Crippen LogP contribution in [0.4, 0.5) is 5.69 Å². The number of ether oxygens (including phenoxy) is 10. The maximum atomic E-state index is 14.3. The summed E-state index contributed by atoms with van der Waals surface area (Å²) in [5.41, 5.74) is 0.326. The summed E-state index contributed by atoms with van der Waals surface area (Å²) in [7, 11) is -1.89. The van der Waals surface area contributed by atoms with Gasteiger partial charge in [-0.2, -0.15) is 23.8 Å². The van der Waals surface area contributed by atoms with Crippen molar-refractivity contribution in [1.29, 1.82) is 0 Å². The molecule has 0 saturated carbocycles. The molecule has 5 heterocycles. The van der Waals surface area contributed by atoms with Gasteiger partial charge in [0.15, 0.2) is 24.6 Å². The first-order chi connectivity index (χ1) is 45.3. The number of para-hydroxylation sites is 1. The average molecular weight is 1330 g/mol. The minimum absolute atomic E-state index is 0.00656. The largest absolute Gasteiger partial charge is 0.507 e. The molecule has 11 rings (SSSR count). The number of ketones is 2. The number of anilines is 1. The monoisotopic (exact) mass is 1330 g/mol. The topological polar surface area (TPSA) is 394 Å². The van der Waals surface area contributed by atoms with Crippen LogP contribution >= 0.6 is 0 Å². The first-order valence-electron chi connectivity index (χ1n) is 30.7. The van der Waals surface area contributed by atoms with E-state index in [1.807, 2.05) is 43.3 Å². The predicted octanol–water partition coefficient (Wildman–Crippen LogP) is 1.60. The molecule has 3 saturated heterocycles. The van der Waals surface area contributed by atoms with E-state index in [0.29, 0.717) is 35.8 Å². The van der Waals surface area contributed by atoms with Gasteiger partial charge in [0.25, 0.3) is 16.0 Å². The van der Waals surface area contributed by atoms with Crippen LogP contribution in [0.5, 0.6) is 17.2 Å². The van der Waals surface area contributed by atoms with Crippen LogP contribution in [0.2, 0.25) is 0 Å². The zero-order valence-electron chi connectivity index (χ0n) is 51.7. The molecule has 6 aliphatic rings.